The number of hydrogen-bond donors (Lipinski definition) is 1. The van der Waals surface area contributed by atoms with Crippen LogP contribution in [0.1, 0.15) is 43.8 Å². The Morgan fingerprint density at radius 1 is 1.38 bits per heavy atom. The zero-order chi connectivity index (χ0) is 9.10. The normalized spacial score (nSPS) is 19.2. The molecule has 0 bridgehead atoms. The molecule has 1 fully saturated rings. The molecule has 2 rings (SSSR count). The number of aromatic nitrogens is 2. The Hall–Kier alpha value is -0.830. The minimum absolute atomic E-state index is 0.555. The number of rotatable bonds is 2. The molecule has 1 aliphatic carbocycles. The van der Waals surface area contributed by atoms with Gasteiger partial charge in [-0.3, -0.25) is 0 Å². The highest BCUT2D eigenvalue weighted by Gasteiger charge is 2.14. The van der Waals surface area contributed by atoms with E-state index in [4.69, 9.17) is 5.73 Å². The van der Waals surface area contributed by atoms with Crippen molar-refractivity contribution in [1.29, 1.82) is 0 Å². The first-order valence-electron chi connectivity index (χ1n) is 5.12. The van der Waals surface area contributed by atoms with Crippen LogP contribution in [0.3, 0.4) is 0 Å². The standard InChI is InChI=1S/C10H17N3/c11-6-9-7-13(8-12-9)10-4-2-1-3-5-10/h7-8,10H,1-6,11H2. The third-order valence-electron chi connectivity index (χ3n) is 2.86. The lowest BCUT2D eigenvalue weighted by atomic mass is 9.95. The van der Waals surface area contributed by atoms with Gasteiger partial charge in [0.05, 0.1) is 12.0 Å². The molecule has 13 heavy (non-hydrogen) atoms. The van der Waals surface area contributed by atoms with Gasteiger partial charge in [-0.15, -0.1) is 0 Å². The minimum Gasteiger partial charge on any atom is -0.334 e. The van der Waals surface area contributed by atoms with Crippen molar-refractivity contribution < 1.29 is 0 Å². The molecule has 0 saturated heterocycles. The largest absolute Gasteiger partial charge is 0.334 e. The summed E-state index contributed by atoms with van der Waals surface area (Å²) in [6.07, 6.45) is 10.8. The van der Waals surface area contributed by atoms with Crippen LogP contribution in [0.25, 0.3) is 0 Å². The van der Waals surface area contributed by atoms with Gasteiger partial charge in [0.1, 0.15) is 0 Å². The molecule has 0 amide bonds. The molecule has 0 unspecified atom stereocenters. The van der Waals surface area contributed by atoms with Gasteiger partial charge in [0.2, 0.25) is 0 Å². The molecule has 0 aromatic carbocycles. The lowest BCUT2D eigenvalue weighted by Crippen LogP contribution is -2.10. The van der Waals surface area contributed by atoms with Crippen molar-refractivity contribution >= 4 is 0 Å². The zero-order valence-electron chi connectivity index (χ0n) is 7.95. The second kappa shape index (κ2) is 3.92. The summed E-state index contributed by atoms with van der Waals surface area (Å²) in [6.45, 7) is 0.555. The van der Waals surface area contributed by atoms with Crippen molar-refractivity contribution in [3.8, 4) is 0 Å². The summed E-state index contributed by atoms with van der Waals surface area (Å²) in [5.74, 6) is 0. The summed E-state index contributed by atoms with van der Waals surface area (Å²) in [7, 11) is 0. The highest BCUT2D eigenvalue weighted by Crippen LogP contribution is 2.27. The topological polar surface area (TPSA) is 43.8 Å². The zero-order valence-corrected chi connectivity index (χ0v) is 7.95. The van der Waals surface area contributed by atoms with Gasteiger partial charge in [-0.25, -0.2) is 4.98 Å². The Balaban J connectivity index is 2.05. The van der Waals surface area contributed by atoms with Gasteiger partial charge in [-0.05, 0) is 12.8 Å². The Kier molecular flexibility index (Phi) is 2.64. The summed E-state index contributed by atoms with van der Waals surface area (Å²) in [4.78, 5) is 4.25. The average Bonchev–Trinajstić information content (AvgIpc) is 2.67. The third-order valence-corrected chi connectivity index (χ3v) is 2.86. The third kappa shape index (κ3) is 1.91. The first-order valence-corrected chi connectivity index (χ1v) is 5.12. The smallest absolute Gasteiger partial charge is 0.0952 e. The van der Waals surface area contributed by atoms with Crippen LogP contribution in [-0.4, -0.2) is 9.55 Å². The van der Waals surface area contributed by atoms with Crippen LogP contribution in [0.2, 0.25) is 0 Å². The van der Waals surface area contributed by atoms with E-state index < -0.39 is 0 Å². The Morgan fingerprint density at radius 3 is 2.77 bits per heavy atom. The van der Waals surface area contributed by atoms with Gasteiger partial charge in [0, 0.05) is 18.8 Å². The highest BCUT2D eigenvalue weighted by molar-refractivity contribution is 4.97. The van der Waals surface area contributed by atoms with Crippen LogP contribution in [-0.2, 0) is 6.54 Å². The van der Waals surface area contributed by atoms with Crippen molar-refractivity contribution in [2.24, 2.45) is 5.73 Å². The Bertz CT molecular complexity index is 261. The van der Waals surface area contributed by atoms with E-state index in [0.29, 0.717) is 12.6 Å². The Morgan fingerprint density at radius 2 is 2.15 bits per heavy atom. The van der Waals surface area contributed by atoms with Crippen molar-refractivity contribution in [3.05, 3.63) is 18.2 Å². The second-order valence-electron chi connectivity index (χ2n) is 3.81. The van der Waals surface area contributed by atoms with Gasteiger partial charge in [0.15, 0.2) is 0 Å². The summed E-state index contributed by atoms with van der Waals surface area (Å²) < 4.78 is 2.24. The minimum atomic E-state index is 0.555. The van der Waals surface area contributed by atoms with Crippen molar-refractivity contribution in [3.63, 3.8) is 0 Å². The molecule has 1 aromatic heterocycles. The molecule has 0 radical (unpaired) electrons. The van der Waals surface area contributed by atoms with E-state index in [2.05, 4.69) is 15.7 Å². The maximum atomic E-state index is 5.52. The van der Waals surface area contributed by atoms with E-state index in [1.807, 2.05) is 6.33 Å². The first kappa shape index (κ1) is 8.75. The van der Waals surface area contributed by atoms with Gasteiger partial charge in [-0.1, -0.05) is 19.3 Å². The predicted molar refractivity (Wildman–Crippen MR) is 52.2 cm³/mol. The van der Waals surface area contributed by atoms with Crippen LogP contribution in [0.15, 0.2) is 12.5 Å². The summed E-state index contributed by atoms with van der Waals surface area (Å²) in [5.41, 5.74) is 6.52. The van der Waals surface area contributed by atoms with Crippen molar-refractivity contribution in [1.82, 2.24) is 9.55 Å². The van der Waals surface area contributed by atoms with E-state index >= 15 is 0 Å². The average molecular weight is 179 g/mol. The van der Waals surface area contributed by atoms with Gasteiger partial charge >= 0.3 is 0 Å². The SMILES string of the molecule is NCc1cn(C2CCCCC2)cn1. The molecule has 2 N–H and O–H groups in total. The van der Waals surface area contributed by atoms with E-state index in [-0.39, 0.29) is 0 Å². The number of nitrogens with two attached hydrogens (primary N) is 1. The molecule has 1 heterocycles. The molecule has 3 nitrogen and oxygen atoms in total. The van der Waals surface area contributed by atoms with E-state index in [1.165, 1.54) is 32.1 Å². The van der Waals surface area contributed by atoms with Crippen LogP contribution in [0.5, 0.6) is 0 Å². The fraction of sp³-hybridized carbons (Fsp3) is 0.700. The lowest BCUT2D eigenvalue weighted by molar-refractivity contribution is 0.353. The van der Waals surface area contributed by atoms with Crippen LogP contribution >= 0.6 is 0 Å². The fourth-order valence-corrected chi connectivity index (χ4v) is 2.06. The monoisotopic (exact) mass is 179 g/mol. The quantitative estimate of drug-likeness (QED) is 0.753. The van der Waals surface area contributed by atoms with Crippen LogP contribution in [0, 0.1) is 0 Å². The molecule has 0 aliphatic heterocycles. The molecule has 0 atom stereocenters. The maximum absolute atomic E-state index is 5.52. The molecular weight excluding hydrogens is 162 g/mol. The summed E-state index contributed by atoms with van der Waals surface area (Å²) >= 11 is 0. The molecule has 0 spiro atoms. The van der Waals surface area contributed by atoms with Crippen LogP contribution < -0.4 is 5.73 Å². The molecule has 1 aliphatic rings. The summed E-state index contributed by atoms with van der Waals surface area (Å²) in [5, 5.41) is 0. The van der Waals surface area contributed by atoms with Crippen molar-refractivity contribution in [2.45, 2.75) is 44.7 Å². The molecule has 3 heteroatoms. The molecular formula is C10H17N3. The number of imidazole rings is 1. The Labute approximate surface area is 79.0 Å². The van der Waals surface area contributed by atoms with Crippen molar-refractivity contribution in [2.75, 3.05) is 0 Å². The maximum Gasteiger partial charge on any atom is 0.0952 e. The summed E-state index contributed by atoms with van der Waals surface area (Å²) in [6, 6.07) is 0.682. The van der Waals surface area contributed by atoms with E-state index in [0.717, 1.165) is 5.69 Å². The fourth-order valence-electron chi connectivity index (χ4n) is 2.06. The van der Waals surface area contributed by atoms with Crippen LogP contribution in [0.4, 0.5) is 0 Å². The number of hydrogen-bond acceptors (Lipinski definition) is 2. The number of nitrogens with zero attached hydrogens (tertiary/aromatic N) is 2. The second-order valence-corrected chi connectivity index (χ2v) is 3.81. The lowest BCUT2D eigenvalue weighted by Gasteiger charge is -2.22. The highest BCUT2D eigenvalue weighted by atomic mass is 15.1. The van der Waals surface area contributed by atoms with E-state index in [9.17, 15) is 0 Å². The molecule has 1 aromatic rings. The predicted octanol–water partition coefficient (Wildman–Crippen LogP) is 1.85. The van der Waals surface area contributed by atoms with Gasteiger partial charge < -0.3 is 10.3 Å². The molecule has 72 valence electrons. The van der Waals surface area contributed by atoms with Gasteiger partial charge in [-0.2, -0.15) is 0 Å². The van der Waals surface area contributed by atoms with Gasteiger partial charge in [0.25, 0.3) is 0 Å². The first-order chi connectivity index (χ1) is 6.40. The van der Waals surface area contributed by atoms with E-state index in [1.54, 1.807) is 0 Å². The molecule has 1 saturated carbocycles.